The number of carbonyl (C=O) groups is 1. The molecule has 0 bridgehead atoms. The van der Waals surface area contributed by atoms with E-state index in [1.54, 1.807) is 56.8 Å². The van der Waals surface area contributed by atoms with E-state index >= 15 is 0 Å². The molecule has 0 spiro atoms. The highest BCUT2D eigenvalue weighted by atomic mass is 35.5. The van der Waals surface area contributed by atoms with Crippen molar-refractivity contribution in [3.63, 3.8) is 0 Å². The average Bonchev–Trinajstić information content (AvgIpc) is 3.19. The SMILES string of the molecule is COc1cc2nccc(Oc3ccc(NC(=O)NC4CC(C)ON4)c(Cl)c3)c2cc1OC. The monoisotopic (exact) mass is 458 g/mol. The second-order valence-corrected chi connectivity index (χ2v) is 7.62. The molecule has 2 aromatic carbocycles. The van der Waals surface area contributed by atoms with Crippen LogP contribution in [0.1, 0.15) is 13.3 Å². The Hall–Kier alpha value is -3.27. The number of nitrogens with one attached hydrogen (secondary N) is 3. The van der Waals surface area contributed by atoms with Gasteiger partial charge in [0.05, 0.1) is 36.6 Å². The second-order valence-electron chi connectivity index (χ2n) is 7.21. The van der Waals surface area contributed by atoms with Crippen molar-refractivity contribution in [1.29, 1.82) is 0 Å². The van der Waals surface area contributed by atoms with Crippen LogP contribution in [0.25, 0.3) is 10.9 Å². The zero-order valence-corrected chi connectivity index (χ0v) is 18.5. The van der Waals surface area contributed by atoms with Gasteiger partial charge in [0.25, 0.3) is 0 Å². The van der Waals surface area contributed by atoms with Crippen LogP contribution in [0.4, 0.5) is 10.5 Å². The molecule has 1 aliphatic heterocycles. The highest BCUT2D eigenvalue weighted by Gasteiger charge is 2.23. The molecule has 1 aromatic heterocycles. The van der Waals surface area contributed by atoms with Gasteiger partial charge in [-0.25, -0.2) is 4.79 Å². The van der Waals surface area contributed by atoms with Gasteiger partial charge in [0.1, 0.15) is 17.7 Å². The van der Waals surface area contributed by atoms with E-state index in [1.807, 2.05) is 6.92 Å². The van der Waals surface area contributed by atoms with Crippen LogP contribution in [-0.2, 0) is 4.84 Å². The molecule has 10 heteroatoms. The molecule has 1 aliphatic rings. The maximum Gasteiger partial charge on any atom is 0.320 e. The van der Waals surface area contributed by atoms with Gasteiger partial charge in [-0.15, -0.1) is 0 Å². The summed E-state index contributed by atoms with van der Waals surface area (Å²) in [5.74, 6) is 2.23. The first-order chi connectivity index (χ1) is 15.5. The van der Waals surface area contributed by atoms with Gasteiger partial charge >= 0.3 is 6.03 Å². The van der Waals surface area contributed by atoms with Crippen molar-refractivity contribution >= 4 is 34.2 Å². The minimum absolute atomic E-state index is 0.0330. The smallest absolute Gasteiger partial charge is 0.320 e. The number of anilines is 1. The predicted octanol–water partition coefficient (Wildman–Crippen LogP) is 4.46. The number of hydrogen-bond donors (Lipinski definition) is 3. The van der Waals surface area contributed by atoms with Crippen LogP contribution in [0.5, 0.6) is 23.0 Å². The molecular formula is C22H23ClN4O5. The maximum atomic E-state index is 12.2. The molecule has 9 nitrogen and oxygen atoms in total. The number of pyridine rings is 1. The van der Waals surface area contributed by atoms with Crippen LogP contribution < -0.4 is 30.3 Å². The average molecular weight is 459 g/mol. The Balaban J connectivity index is 1.50. The number of urea groups is 1. The summed E-state index contributed by atoms with van der Waals surface area (Å²) in [5.41, 5.74) is 3.90. The summed E-state index contributed by atoms with van der Waals surface area (Å²) in [4.78, 5) is 21.8. The summed E-state index contributed by atoms with van der Waals surface area (Å²) in [5, 5.41) is 6.59. The maximum absolute atomic E-state index is 12.2. The Morgan fingerprint density at radius 3 is 2.62 bits per heavy atom. The van der Waals surface area contributed by atoms with E-state index in [1.165, 1.54) is 0 Å². The molecule has 2 heterocycles. The molecule has 2 amide bonds. The van der Waals surface area contributed by atoms with E-state index < -0.39 is 6.03 Å². The van der Waals surface area contributed by atoms with E-state index in [4.69, 9.17) is 30.6 Å². The summed E-state index contributed by atoms with van der Waals surface area (Å²) >= 11 is 6.37. The summed E-state index contributed by atoms with van der Waals surface area (Å²) in [6.45, 7) is 1.92. The van der Waals surface area contributed by atoms with Gasteiger partial charge < -0.3 is 24.8 Å². The lowest BCUT2D eigenvalue weighted by molar-refractivity contribution is 0.0345. The molecule has 2 unspecified atom stereocenters. The third kappa shape index (κ3) is 4.80. The molecule has 4 rings (SSSR count). The van der Waals surface area contributed by atoms with Crippen molar-refractivity contribution in [2.45, 2.75) is 25.6 Å². The van der Waals surface area contributed by atoms with Gasteiger partial charge in [0, 0.05) is 30.1 Å². The Bertz CT molecular complexity index is 1140. The summed E-state index contributed by atoms with van der Waals surface area (Å²) in [6.07, 6.45) is 2.09. The Labute approximate surface area is 189 Å². The lowest BCUT2D eigenvalue weighted by atomic mass is 10.2. The first-order valence-corrected chi connectivity index (χ1v) is 10.3. The third-order valence-electron chi connectivity index (χ3n) is 4.91. The van der Waals surface area contributed by atoms with Gasteiger partial charge in [-0.2, -0.15) is 5.48 Å². The number of amides is 2. The lowest BCUT2D eigenvalue weighted by Crippen LogP contribution is -2.43. The van der Waals surface area contributed by atoms with E-state index in [0.29, 0.717) is 45.6 Å². The van der Waals surface area contributed by atoms with Crippen LogP contribution in [0.3, 0.4) is 0 Å². The van der Waals surface area contributed by atoms with Gasteiger partial charge in [-0.05, 0) is 31.2 Å². The van der Waals surface area contributed by atoms with Crippen LogP contribution in [0, 0.1) is 0 Å². The highest BCUT2D eigenvalue weighted by molar-refractivity contribution is 6.33. The first-order valence-electron chi connectivity index (χ1n) is 9.93. The standard InChI is InChI=1S/C22H23ClN4O5/c1-12-8-21(27-32-12)26-22(28)25-16-5-4-13(9-15(16)23)31-18-6-7-24-17-11-20(30-3)19(29-2)10-14(17)18/h4-7,9-12,21,27H,8H2,1-3H3,(H2,25,26,28). The number of carbonyl (C=O) groups excluding carboxylic acids is 1. The summed E-state index contributed by atoms with van der Waals surface area (Å²) in [7, 11) is 3.14. The van der Waals surface area contributed by atoms with Crippen molar-refractivity contribution < 1.29 is 23.8 Å². The van der Waals surface area contributed by atoms with E-state index in [9.17, 15) is 4.79 Å². The van der Waals surface area contributed by atoms with Gasteiger partial charge in [0.2, 0.25) is 0 Å². The first kappa shape index (κ1) is 21.9. The van der Waals surface area contributed by atoms with Gasteiger partial charge in [-0.3, -0.25) is 9.82 Å². The fraction of sp³-hybridized carbons (Fsp3) is 0.273. The molecule has 2 atom stereocenters. The molecule has 0 radical (unpaired) electrons. The third-order valence-corrected chi connectivity index (χ3v) is 5.22. The molecule has 3 N–H and O–H groups in total. The van der Waals surface area contributed by atoms with Crippen molar-refractivity contribution in [3.8, 4) is 23.0 Å². The number of benzene rings is 2. The van der Waals surface area contributed by atoms with Crippen LogP contribution in [-0.4, -0.2) is 37.5 Å². The van der Waals surface area contributed by atoms with Crippen molar-refractivity contribution in [2.24, 2.45) is 0 Å². The molecule has 1 fully saturated rings. The lowest BCUT2D eigenvalue weighted by Gasteiger charge is -2.15. The van der Waals surface area contributed by atoms with Crippen molar-refractivity contribution in [3.05, 3.63) is 47.6 Å². The molecule has 32 heavy (non-hydrogen) atoms. The van der Waals surface area contributed by atoms with Crippen LogP contribution in [0.15, 0.2) is 42.6 Å². The fourth-order valence-corrected chi connectivity index (χ4v) is 3.57. The molecule has 168 valence electrons. The van der Waals surface area contributed by atoms with Crippen LogP contribution in [0.2, 0.25) is 5.02 Å². The summed E-state index contributed by atoms with van der Waals surface area (Å²) < 4.78 is 16.8. The van der Waals surface area contributed by atoms with Gasteiger partial charge in [-0.1, -0.05) is 11.6 Å². The largest absolute Gasteiger partial charge is 0.493 e. The number of hydroxylamine groups is 1. The number of fused-ring (bicyclic) bond motifs is 1. The van der Waals surface area contributed by atoms with Crippen LogP contribution >= 0.6 is 11.6 Å². The fourth-order valence-electron chi connectivity index (χ4n) is 3.36. The molecule has 1 saturated heterocycles. The van der Waals surface area contributed by atoms with E-state index in [-0.39, 0.29) is 12.3 Å². The number of nitrogens with zero attached hydrogens (tertiary/aromatic N) is 1. The Morgan fingerprint density at radius 1 is 1.16 bits per heavy atom. The van der Waals surface area contributed by atoms with E-state index in [2.05, 4.69) is 21.1 Å². The van der Waals surface area contributed by atoms with Crippen molar-refractivity contribution in [2.75, 3.05) is 19.5 Å². The molecule has 3 aromatic rings. The highest BCUT2D eigenvalue weighted by Crippen LogP contribution is 2.37. The number of rotatable bonds is 6. The van der Waals surface area contributed by atoms with Crippen molar-refractivity contribution in [1.82, 2.24) is 15.8 Å². The zero-order chi connectivity index (χ0) is 22.7. The minimum atomic E-state index is -0.392. The predicted molar refractivity (Wildman–Crippen MR) is 121 cm³/mol. The quantitative estimate of drug-likeness (QED) is 0.501. The minimum Gasteiger partial charge on any atom is -0.493 e. The zero-order valence-electron chi connectivity index (χ0n) is 17.8. The number of halogens is 1. The Morgan fingerprint density at radius 2 is 1.94 bits per heavy atom. The van der Waals surface area contributed by atoms with Gasteiger partial charge in [0.15, 0.2) is 11.5 Å². The molecule has 0 saturated carbocycles. The molecular weight excluding hydrogens is 436 g/mol. The Kier molecular flexibility index (Phi) is 6.50. The molecule has 0 aliphatic carbocycles. The number of aromatic nitrogens is 1. The number of hydrogen-bond acceptors (Lipinski definition) is 7. The topological polar surface area (TPSA) is 103 Å². The van der Waals surface area contributed by atoms with E-state index in [0.717, 1.165) is 5.39 Å². The second kappa shape index (κ2) is 9.47. The normalized spacial score (nSPS) is 17.8. The summed E-state index contributed by atoms with van der Waals surface area (Å²) in [6, 6.07) is 9.96. The number of ether oxygens (including phenoxy) is 3. The number of methoxy groups -OCH3 is 2.